The van der Waals surface area contributed by atoms with E-state index in [0.717, 1.165) is 9.13 Å². The van der Waals surface area contributed by atoms with Crippen molar-refractivity contribution >= 4 is 40.5 Å². The minimum atomic E-state index is -0.392. The first kappa shape index (κ1) is 19.1. The molecule has 0 bridgehead atoms. The average molecular weight is 450 g/mol. The second kappa shape index (κ2) is 9.95. The fraction of sp³-hybridized carbons (Fsp3) is 0.158. The van der Waals surface area contributed by atoms with Gasteiger partial charge in [0.05, 0.1) is 0 Å². The van der Waals surface area contributed by atoms with Crippen LogP contribution in [0.5, 0.6) is 0 Å². The van der Waals surface area contributed by atoms with Crippen molar-refractivity contribution in [1.82, 2.24) is 10.6 Å². The molecule has 0 aromatic heterocycles. The molecule has 0 heterocycles. The van der Waals surface area contributed by atoms with E-state index in [2.05, 4.69) is 33.2 Å². The summed E-state index contributed by atoms with van der Waals surface area (Å²) in [5, 5.41) is 14.2. The molecule has 5 nitrogen and oxygen atoms in total. The van der Waals surface area contributed by atoms with Crippen molar-refractivity contribution in [3.63, 3.8) is 0 Å². The van der Waals surface area contributed by atoms with E-state index in [9.17, 15) is 9.59 Å². The Morgan fingerprint density at radius 1 is 1.04 bits per heavy atom. The monoisotopic (exact) mass is 450 g/mol. The Balaban J connectivity index is 2.18. The predicted octanol–water partition coefficient (Wildman–Crippen LogP) is 2.56. The van der Waals surface area contributed by atoms with Gasteiger partial charge in [-0.05, 0) is 64.9 Å². The van der Waals surface area contributed by atoms with Crippen LogP contribution in [0.25, 0.3) is 6.08 Å². The summed E-state index contributed by atoms with van der Waals surface area (Å²) in [5.41, 5.74) is 1.44. The Bertz CT molecular complexity index is 743. The van der Waals surface area contributed by atoms with Gasteiger partial charge in [0.2, 0.25) is 0 Å². The van der Waals surface area contributed by atoms with Crippen LogP contribution < -0.4 is 10.6 Å². The number of aliphatic hydroxyl groups is 1. The van der Waals surface area contributed by atoms with Crippen LogP contribution in [0.15, 0.2) is 60.3 Å². The van der Waals surface area contributed by atoms with Crippen molar-refractivity contribution in [2.24, 2.45) is 0 Å². The highest BCUT2D eigenvalue weighted by atomic mass is 127. The summed E-state index contributed by atoms with van der Waals surface area (Å²) >= 11 is 2.16. The zero-order chi connectivity index (χ0) is 18.1. The lowest BCUT2D eigenvalue weighted by atomic mass is 10.1. The topological polar surface area (TPSA) is 78.4 Å². The van der Waals surface area contributed by atoms with E-state index in [1.165, 1.54) is 0 Å². The summed E-state index contributed by atoms with van der Waals surface area (Å²) in [6, 6.07) is 16.4. The van der Waals surface area contributed by atoms with Gasteiger partial charge in [0.25, 0.3) is 11.8 Å². The Kier molecular flexibility index (Phi) is 7.62. The summed E-state index contributed by atoms with van der Waals surface area (Å²) in [5.74, 6) is -0.743. The van der Waals surface area contributed by atoms with Gasteiger partial charge < -0.3 is 15.7 Å². The second-order valence-corrected chi connectivity index (χ2v) is 6.51. The van der Waals surface area contributed by atoms with Crippen molar-refractivity contribution in [3.05, 3.63) is 75.0 Å². The molecule has 2 aromatic carbocycles. The first-order chi connectivity index (χ1) is 12.1. The van der Waals surface area contributed by atoms with Crippen molar-refractivity contribution < 1.29 is 14.7 Å². The van der Waals surface area contributed by atoms with Gasteiger partial charge >= 0.3 is 0 Å². The number of rotatable bonds is 7. The molecule has 0 radical (unpaired) electrons. The number of nitrogens with one attached hydrogen (secondary N) is 2. The highest BCUT2D eigenvalue weighted by Crippen LogP contribution is 2.09. The fourth-order valence-electron chi connectivity index (χ4n) is 2.05. The van der Waals surface area contributed by atoms with Crippen LogP contribution in [-0.4, -0.2) is 30.1 Å². The summed E-state index contributed by atoms with van der Waals surface area (Å²) in [6.07, 6.45) is 2.08. The van der Waals surface area contributed by atoms with Crippen molar-refractivity contribution in [2.45, 2.75) is 6.42 Å². The largest absolute Gasteiger partial charge is 0.396 e. The molecule has 6 heteroatoms. The van der Waals surface area contributed by atoms with Gasteiger partial charge in [0.15, 0.2) is 0 Å². The normalized spacial score (nSPS) is 11.0. The molecule has 0 aliphatic rings. The van der Waals surface area contributed by atoms with Crippen LogP contribution in [0.2, 0.25) is 0 Å². The Morgan fingerprint density at radius 3 is 2.36 bits per heavy atom. The van der Waals surface area contributed by atoms with Gasteiger partial charge in [0, 0.05) is 22.3 Å². The zero-order valence-corrected chi connectivity index (χ0v) is 15.7. The van der Waals surface area contributed by atoms with E-state index in [0.29, 0.717) is 18.5 Å². The third-order valence-corrected chi connectivity index (χ3v) is 4.05. The van der Waals surface area contributed by atoms with E-state index in [1.807, 2.05) is 42.5 Å². The maximum absolute atomic E-state index is 12.4. The molecule has 0 spiro atoms. The van der Waals surface area contributed by atoms with Gasteiger partial charge in [-0.15, -0.1) is 0 Å². The molecule has 0 fully saturated rings. The number of hydrogen-bond acceptors (Lipinski definition) is 3. The third-order valence-electron chi connectivity index (χ3n) is 3.33. The highest BCUT2D eigenvalue weighted by Gasteiger charge is 2.14. The molecule has 3 N–H and O–H groups in total. The number of carbonyl (C=O) groups excluding carboxylic acids is 2. The Labute approximate surface area is 160 Å². The fourth-order valence-corrected chi connectivity index (χ4v) is 2.41. The molecule has 0 atom stereocenters. The molecule has 2 aromatic rings. The van der Waals surface area contributed by atoms with Gasteiger partial charge in [-0.25, -0.2) is 0 Å². The van der Waals surface area contributed by atoms with E-state index in [-0.39, 0.29) is 18.2 Å². The van der Waals surface area contributed by atoms with E-state index in [1.54, 1.807) is 18.2 Å². The number of benzene rings is 2. The summed E-state index contributed by atoms with van der Waals surface area (Å²) in [6.45, 7) is 0.327. The zero-order valence-electron chi connectivity index (χ0n) is 13.5. The quantitative estimate of drug-likeness (QED) is 0.345. The van der Waals surface area contributed by atoms with E-state index < -0.39 is 5.91 Å². The summed E-state index contributed by atoms with van der Waals surface area (Å²) in [4.78, 5) is 24.8. The molecule has 2 amide bonds. The molecular formula is C19H19IN2O3. The van der Waals surface area contributed by atoms with Gasteiger partial charge in [0.1, 0.15) is 5.70 Å². The maximum Gasteiger partial charge on any atom is 0.267 e. The molecule has 2 rings (SSSR count). The van der Waals surface area contributed by atoms with Crippen LogP contribution >= 0.6 is 22.6 Å². The van der Waals surface area contributed by atoms with Gasteiger partial charge in [-0.1, -0.05) is 30.3 Å². The molecule has 130 valence electrons. The average Bonchev–Trinajstić information content (AvgIpc) is 2.62. The number of amides is 2. The molecule has 0 saturated carbocycles. The van der Waals surface area contributed by atoms with Crippen LogP contribution in [-0.2, 0) is 4.79 Å². The Hall–Kier alpha value is -2.19. The lowest BCUT2D eigenvalue weighted by Crippen LogP contribution is -2.35. The number of halogens is 1. The molecular weight excluding hydrogens is 431 g/mol. The van der Waals surface area contributed by atoms with Crippen molar-refractivity contribution in [2.75, 3.05) is 13.2 Å². The molecule has 0 aliphatic heterocycles. The predicted molar refractivity (Wildman–Crippen MR) is 106 cm³/mol. The first-order valence-corrected chi connectivity index (χ1v) is 8.91. The van der Waals surface area contributed by atoms with Gasteiger partial charge in [-0.2, -0.15) is 0 Å². The lowest BCUT2D eigenvalue weighted by molar-refractivity contribution is -0.117. The molecule has 0 aliphatic carbocycles. The summed E-state index contributed by atoms with van der Waals surface area (Å²) < 4.78 is 1.02. The first-order valence-electron chi connectivity index (χ1n) is 7.83. The second-order valence-electron chi connectivity index (χ2n) is 5.26. The minimum Gasteiger partial charge on any atom is -0.396 e. The molecule has 0 saturated heterocycles. The Morgan fingerprint density at radius 2 is 1.72 bits per heavy atom. The van der Waals surface area contributed by atoms with Crippen LogP contribution in [0, 0.1) is 3.57 Å². The van der Waals surface area contributed by atoms with Gasteiger partial charge in [-0.3, -0.25) is 9.59 Å². The number of aliphatic hydroxyl groups excluding tert-OH is 1. The van der Waals surface area contributed by atoms with Crippen molar-refractivity contribution in [1.29, 1.82) is 0 Å². The van der Waals surface area contributed by atoms with E-state index in [4.69, 9.17) is 5.11 Å². The van der Waals surface area contributed by atoms with Crippen LogP contribution in [0.1, 0.15) is 22.3 Å². The molecule has 25 heavy (non-hydrogen) atoms. The smallest absolute Gasteiger partial charge is 0.267 e. The van der Waals surface area contributed by atoms with Crippen LogP contribution in [0.3, 0.4) is 0 Å². The lowest BCUT2D eigenvalue weighted by Gasteiger charge is -2.11. The number of carbonyl (C=O) groups is 2. The third kappa shape index (κ3) is 6.32. The SMILES string of the molecule is O=C(NCCCO)/C(=C/c1ccccc1)NC(=O)c1ccc(I)cc1. The molecule has 0 unspecified atom stereocenters. The van der Waals surface area contributed by atoms with E-state index >= 15 is 0 Å². The summed E-state index contributed by atoms with van der Waals surface area (Å²) in [7, 11) is 0. The highest BCUT2D eigenvalue weighted by molar-refractivity contribution is 14.1. The maximum atomic E-state index is 12.4. The minimum absolute atomic E-state index is 0.00692. The van der Waals surface area contributed by atoms with Crippen LogP contribution in [0.4, 0.5) is 0 Å². The van der Waals surface area contributed by atoms with Crippen molar-refractivity contribution in [3.8, 4) is 0 Å². The standard InChI is InChI=1S/C19H19IN2O3/c20-16-9-7-15(8-10-16)18(24)22-17(19(25)21-11-4-12-23)13-14-5-2-1-3-6-14/h1-3,5-10,13,23H,4,11-12H2,(H,21,25)(H,22,24)/b17-13-. The number of hydrogen-bond donors (Lipinski definition) is 3.